The molecule has 1 heterocycles. The van der Waals surface area contributed by atoms with Crippen LogP contribution in [-0.2, 0) is 12.0 Å². The lowest BCUT2D eigenvalue weighted by atomic mass is 9.84. The molecule has 0 atom stereocenters. The van der Waals surface area contributed by atoms with E-state index in [9.17, 15) is 14.7 Å². The minimum atomic E-state index is -0.451. The zero-order chi connectivity index (χ0) is 27.3. The summed E-state index contributed by atoms with van der Waals surface area (Å²) in [4.78, 5) is 27.4. The average Bonchev–Trinajstić information content (AvgIpc) is 3.15. The molecule has 0 radical (unpaired) electrons. The Morgan fingerprint density at radius 2 is 1.92 bits per heavy atom. The number of carbonyl (C=O) groups is 2. The number of benzene rings is 2. The summed E-state index contributed by atoms with van der Waals surface area (Å²) in [5.41, 5.74) is 2.21. The van der Waals surface area contributed by atoms with Gasteiger partial charge < -0.3 is 24.8 Å². The molecule has 0 fully saturated rings. The van der Waals surface area contributed by atoms with E-state index in [-0.39, 0.29) is 42.2 Å². The van der Waals surface area contributed by atoms with Crippen LogP contribution in [-0.4, -0.2) is 54.3 Å². The third-order valence-electron chi connectivity index (χ3n) is 6.14. The number of phenolic OH excluding ortho intramolecular Hbond substituents is 1. The number of unbranched alkanes of at least 4 members (excludes halogenated alkanes) is 1. The van der Waals surface area contributed by atoms with Crippen LogP contribution in [0, 0.1) is 16.7 Å². The number of amidine groups is 1. The summed E-state index contributed by atoms with van der Waals surface area (Å²) in [6.45, 7) is 8.53. The van der Waals surface area contributed by atoms with E-state index in [1.807, 2.05) is 27.7 Å². The zero-order valence-electron chi connectivity index (χ0n) is 22.0. The van der Waals surface area contributed by atoms with Crippen LogP contribution in [0.5, 0.6) is 17.2 Å². The Morgan fingerprint density at radius 3 is 2.54 bits per heavy atom. The first-order valence-electron chi connectivity index (χ1n) is 12.3. The van der Waals surface area contributed by atoms with Gasteiger partial charge >= 0.3 is 0 Å². The predicted octanol–water partition coefficient (Wildman–Crippen LogP) is 4.15. The highest BCUT2D eigenvalue weighted by molar-refractivity contribution is 6.07. The van der Waals surface area contributed by atoms with Crippen LogP contribution >= 0.6 is 0 Å². The molecule has 0 saturated heterocycles. The van der Waals surface area contributed by atoms with Crippen LogP contribution in [0.15, 0.2) is 24.3 Å². The standard InChI is InChI=1S/C28H34N4O5/c1-6-36-23-13-18-15-32(26(30)19(18)14-20(23)27(35)31-5)16-22(33)17-11-21(28(2,3)4)25(34)24(12-17)37-10-8-7-9-29/h11-14,30,34H,6-8,10,15-16H2,1-5H3,(H,31,35). The zero-order valence-corrected chi connectivity index (χ0v) is 22.0. The lowest BCUT2D eigenvalue weighted by molar-refractivity contribution is 0.0952. The van der Waals surface area contributed by atoms with Crippen molar-refractivity contribution in [2.45, 2.75) is 52.5 Å². The molecule has 9 heteroatoms. The lowest BCUT2D eigenvalue weighted by Gasteiger charge is -2.24. The Balaban J connectivity index is 1.88. The first-order valence-corrected chi connectivity index (χ1v) is 12.3. The summed E-state index contributed by atoms with van der Waals surface area (Å²) in [5, 5.41) is 30.8. The van der Waals surface area contributed by atoms with E-state index in [0.29, 0.717) is 54.0 Å². The fourth-order valence-electron chi connectivity index (χ4n) is 4.20. The normalized spacial score (nSPS) is 12.6. The van der Waals surface area contributed by atoms with Gasteiger partial charge in [-0.25, -0.2) is 0 Å². The molecule has 9 nitrogen and oxygen atoms in total. The van der Waals surface area contributed by atoms with Gasteiger partial charge in [-0.1, -0.05) is 20.8 Å². The van der Waals surface area contributed by atoms with Crippen molar-refractivity contribution in [3.8, 4) is 23.3 Å². The molecule has 3 N–H and O–H groups in total. The average molecular weight is 507 g/mol. The third-order valence-corrected chi connectivity index (χ3v) is 6.14. The first kappa shape index (κ1) is 27.5. The monoisotopic (exact) mass is 506 g/mol. The van der Waals surface area contributed by atoms with Crippen molar-refractivity contribution in [3.05, 3.63) is 52.1 Å². The van der Waals surface area contributed by atoms with Gasteiger partial charge in [0.1, 0.15) is 11.6 Å². The molecule has 0 unspecified atom stereocenters. The van der Waals surface area contributed by atoms with E-state index >= 15 is 0 Å². The summed E-state index contributed by atoms with van der Waals surface area (Å²) < 4.78 is 11.4. The van der Waals surface area contributed by atoms with Crippen LogP contribution in [0.1, 0.15) is 77.9 Å². The van der Waals surface area contributed by atoms with Gasteiger partial charge in [0.15, 0.2) is 17.3 Å². The van der Waals surface area contributed by atoms with Crippen molar-refractivity contribution >= 4 is 17.5 Å². The Morgan fingerprint density at radius 1 is 1.19 bits per heavy atom. The molecule has 1 aliphatic heterocycles. The number of aromatic hydroxyl groups is 1. The van der Waals surface area contributed by atoms with E-state index in [2.05, 4.69) is 11.4 Å². The largest absolute Gasteiger partial charge is 0.504 e. The van der Waals surface area contributed by atoms with E-state index in [4.69, 9.17) is 20.1 Å². The van der Waals surface area contributed by atoms with E-state index in [1.165, 1.54) is 13.1 Å². The van der Waals surface area contributed by atoms with Crippen LogP contribution < -0.4 is 14.8 Å². The molecule has 0 aromatic heterocycles. The van der Waals surface area contributed by atoms with Gasteiger partial charge in [0.05, 0.1) is 31.4 Å². The fourth-order valence-corrected chi connectivity index (χ4v) is 4.20. The van der Waals surface area contributed by atoms with E-state index in [1.54, 1.807) is 23.1 Å². The predicted molar refractivity (Wildman–Crippen MR) is 140 cm³/mol. The van der Waals surface area contributed by atoms with Gasteiger partial charge in [0.2, 0.25) is 0 Å². The highest BCUT2D eigenvalue weighted by Crippen LogP contribution is 2.39. The molecular formula is C28H34N4O5. The molecule has 37 heavy (non-hydrogen) atoms. The maximum absolute atomic E-state index is 13.4. The molecule has 2 aromatic rings. The van der Waals surface area contributed by atoms with Crippen molar-refractivity contribution in [2.24, 2.45) is 0 Å². The second kappa shape index (κ2) is 11.3. The summed E-state index contributed by atoms with van der Waals surface area (Å²) in [5.74, 6) is 0.223. The molecule has 0 bridgehead atoms. The molecule has 0 saturated carbocycles. The number of rotatable bonds is 10. The van der Waals surface area contributed by atoms with Gasteiger partial charge in [-0.2, -0.15) is 5.26 Å². The summed E-state index contributed by atoms with van der Waals surface area (Å²) >= 11 is 0. The van der Waals surface area contributed by atoms with Gasteiger partial charge in [-0.15, -0.1) is 0 Å². The van der Waals surface area contributed by atoms with Crippen molar-refractivity contribution < 1.29 is 24.2 Å². The number of carbonyl (C=O) groups excluding carboxylic acids is 2. The van der Waals surface area contributed by atoms with Crippen molar-refractivity contribution in [2.75, 3.05) is 26.8 Å². The number of amides is 1. The van der Waals surface area contributed by atoms with Crippen LogP contribution in [0.4, 0.5) is 0 Å². The minimum absolute atomic E-state index is 0.0208. The molecule has 196 valence electrons. The van der Waals surface area contributed by atoms with Crippen LogP contribution in [0.25, 0.3) is 0 Å². The second-order valence-corrected chi connectivity index (χ2v) is 9.88. The number of ether oxygens (including phenoxy) is 2. The Hall–Kier alpha value is -4.06. The Kier molecular flexibility index (Phi) is 8.43. The van der Waals surface area contributed by atoms with E-state index in [0.717, 1.165) is 5.56 Å². The Labute approximate surface area is 217 Å². The fraction of sp³-hybridized carbons (Fsp3) is 0.429. The Bertz CT molecular complexity index is 1260. The number of ketones is 1. The number of phenols is 1. The molecule has 1 amide bonds. The molecule has 3 rings (SSSR count). The summed E-state index contributed by atoms with van der Waals surface area (Å²) in [6, 6.07) is 8.64. The summed E-state index contributed by atoms with van der Waals surface area (Å²) in [7, 11) is 1.53. The highest BCUT2D eigenvalue weighted by Gasteiger charge is 2.30. The number of nitrogens with zero attached hydrogens (tertiary/aromatic N) is 2. The number of hydrogen-bond acceptors (Lipinski definition) is 7. The molecule has 0 aliphatic carbocycles. The SMILES string of the molecule is CCOc1cc2c(cc1C(=O)NC)C(=N)N(CC(=O)c1cc(OCCCC#N)c(O)c(C(C)(C)C)c1)C2. The van der Waals surface area contributed by atoms with Crippen molar-refractivity contribution in [1.82, 2.24) is 10.2 Å². The van der Waals surface area contributed by atoms with E-state index < -0.39 is 5.41 Å². The number of nitriles is 1. The smallest absolute Gasteiger partial charge is 0.254 e. The maximum Gasteiger partial charge on any atom is 0.254 e. The second-order valence-electron chi connectivity index (χ2n) is 9.88. The van der Waals surface area contributed by atoms with Gasteiger partial charge in [0, 0.05) is 36.7 Å². The molecule has 1 aliphatic rings. The number of hydrogen-bond donors (Lipinski definition) is 3. The van der Waals surface area contributed by atoms with Gasteiger partial charge in [-0.05, 0) is 48.6 Å². The lowest BCUT2D eigenvalue weighted by Crippen LogP contribution is -2.30. The number of Topliss-reactive ketones (excluding diaryl/α,β-unsaturated/α-hetero) is 1. The van der Waals surface area contributed by atoms with Crippen molar-refractivity contribution in [3.63, 3.8) is 0 Å². The minimum Gasteiger partial charge on any atom is -0.504 e. The van der Waals surface area contributed by atoms with Crippen LogP contribution in [0.2, 0.25) is 0 Å². The maximum atomic E-state index is 13.4. The quantitative estimate of drug-likeness (QED) is 0.325. The number of nitrogens with one attached hydrogen (secondary N) is 2. The topological polar surface area (TPSA) is 136 Å². The molecule has 2 aromatic carbocycles. The van der Waals surface area contributed by atoms with Crippen molar-refractivity contribution in [1.29, 1.82) is 10.7 Å². The molecule has 0 spiro atoms. The van der Waals surface area contributed by atoms with Gasteiger partial charge in [-0.3, -0.25) is 15.0 Å². The van der Waals surface area contributed by atoms with Gasteiger partial charge in [0.25, 0.3) is 5.91 Å². The van der Waals surface area contributed by atoms with Crippen LogP contribution in [0.3, 0.4) is 0 Å². The first-order chi connectivity index (χ1) is 17.5. The summed E-state index contributed by atoms with van der Waals surface area (Å²) in [6.07, 6.45) is 0.833. The highest BCUT2D eigenvalue weighted by atomic mass is 16.5. The molecular weight excluding hydrogens is 472 g/mol. The third kappa shape index (κ3) is 6.02. The number of fused-ring (bicyclic) bond motifs is 1.